The number of carbonyl (C=O) groups excluding carboxylic acids is 1. The highest BCUT2D eigenvalue weighted by atomic mass is 35.5. The van der Waals surface area contributed by atoms with Crippen molar-refractivity contribution < 1.29 is 18.1 Å². The average Bonchev–Trinajstić information content (AvgIpc) is 2.74. The Labute approximate surface area is 179 Å². The van der Waals surface area contributed by atoms with Crippen LogP contribution in [0, 0.1) is 10.1 Å². The van der Waals surface area contributed by atoms with Crippen molar-refractivity contribution in [1.29, 1.82) is 0 Å². The molecule has 10 heteroatoms. The first-order valence-corrected chi connectivity index (χ1v) is 11.0. The van der Waals surface area contributed by atoms with Crippen LogP contribution in [0.1, 0.15) is 12.5 Å². The number of nitro benzene ring substituents is 1. The smallest absolute Gasteiger partial charge is 0.289 e. The molecule has 3 rings (SSSR count). The molecule has 1 amide bonds. The second kappa shape index (κ2) is 8.95. The average molecular weight is 450 g/mol. The molecule has 0 radical (unpaired) electrons. The summed E-state index contributed by atoms with van der Waals surface area (Å²) in [6.07, 6.45) is 1.48. The quantitative estimate of drug-likeness (QED) is 0.396. The highest BCUT2D eigenvalue weighted by Gasteiger charge is 2.34. The monoisotopic (exact) mass is 449 g/mol. The van der Waals surface area contributed by atoms with E-state index in [1.807, 2.05) is 12.1 Å². The fourth-order valence-electron chi connectivity index (χ4n) is 3.25. The van der Waals surface area contributed by atoms with E-state index in [9.17, 15) is 23.3 Å². The van der Waals surface area contributed by atoms with Gasteiger partial charge in [-0.25, -0.2) is 8.42 Å². The summed E-state index contributed by atoms with van der Waals surface area (Å²) in [6, 6.07) is 12.4. The molecular formula is C20H20ClN3O5S. The molecule has 0 spiro atoms. The summed E-state index contributed by atoms with van der Waals surface area (Å²) >= 11 is 6.16. The minimum absolute atomic E-state index is 0.0547. The fourth-order valence-corrected chi connectivity index (χ4v) is 5.11. The maximum absolute atomic E-state index is 12.9. The van der Waals surface area contributed by atoms with Crippen LogP contribution >= 0.6 is 11.6 Å². The maximum Gasteiger partial charge on any atom is 0.289 e. The summed E-state index contributed by atoms with van der Waals surface area (Å²) in [4.78, 5) is 24.3. The summed E-state index contributed by atoms with van der Waals surface area (Å²) < 4.78 is 26.9. The summed E-state index contributed by atoms with van der Waals surface area (Å²) in [5.41, 5.74) is 1.000. The molecular weight excluding hydrogens is 430 g/mol. The molecule has 1 fully saturated rings. The molecule has 0 unspecified atom stereocenters. The summed E-state index contributed by atoms with van der Waals surface area (Å²) in [6.45, 7) is 2.27. The van der Waals surface area contributed by atoms with Crippen molar-refractivity contribution in [2.75, 3.05) is 26.2 Å². The van der Waals surface area contributed by atoms with E-state index in [0.717, 1.165) is 11.6 Å². The Morgan fingerprint density at radius 3 is 2.30 bits per heavy atom. The van der Waals surface area contributed by atoms with Gasteiger partial charge in [-0.05, 0) is 30.2 Å². The van der Waals surface area contributed by atoms with Crippen LogP contribution in [0.4, 0.5) is 5.69 Å². The third kappa shape index (κ3) is 4.53. The maximum atomic E-state index is 12.9. The lowest BCUT2D eigenvalue weighted by Gasteiger charge is -2.33. The number of amides is 1. The Hall–Kier alpha value is -2.75. The highest BCUT2D eigenvalue weighted by molar-refractivity contribution is 7.89. The lowest BCUT2D eigenvalue weighted by atomic mass is 10.1. The molecule has 0 aliphatic carbocycles. The fraction of sp³-hybridized carbons (Fsp3) is 0.250. The molecule has 1 aliphatic rings. The Bertz CT molecular complexity index is 1110. The Kier molecular flexibility index (Phi) is 6.55. The number of sulfonamides is 1. The zero-order valence-electron chi connectivity index (χ0n) is 16.2. The second-order valence-electron chi connectivity index (χ2n) is 6.76. The van der Waals surface area contributed by atoms with E-state index in [0.29, 0.717) is 10.6 Å². The number of nitrogens with zero attached hydrogens (tertiary/aromatic N) is 3. The van der Waals surface area contributed by atoms with Gasteiger partial charge in [0.25, 0.3) is 5.69 Å². The molecule has 0 bridgehead atoms. The first-order valence-electron chi connectivity index (χ1n) is 9.17. The van der Waals surface area contributed by atoms with Crippen LogP contribution in [0.5, 0.6) is 0 Å². The number of allylic oxidation sites excluding steroid dienone is 1. The van der Waals surface area contributed by atoms with Crippen molar-refractivity contribution in [3.05, 3.63) is 75.3 Å². The van der Waals surface area contributed by atoms with E-state index in [4.69, 9.17) is 11.6 Å². The Morgan fingerprint density at radius 1 is 1.07 bits per heavy atom. The number of hydrogen-bond acceptors (Lipinski definition) is 5. The number of halogens is 1. The topological polar surface area (TPSA) is 101 Å². The normalized spacial score (nSPS) is 15.8. The van der Waals surface area contributed by atoms with Gasteiger partial charge < -0.3 is 4.90 Å². The zero-order valence-corrected chi connectivity index (χ0v) is 17.8. The number of piperazine rings is 1. The predicted octanol–water partition coefficient (Wildman–Crippen LogP) is 3.18. The second-order valence-corrected chi connectivity index (χ2v) is 9.07. The van der Waals surface area contributed by atoms with Crippen molar-refractivity contribution in [3.63, 3.8) is 0 Å². The van der Waals surface area contributed by atoms with Gasteiger partial charge in [0.1, 0.15) is 0 Å². The molecule has 1 heterocycles. The number of para-hydroxylation sites is 1. The number of nitro groups is 1. The SMILES string of the molecule is C/C(=C/C(=O)N1CCN(S(=O)(=O)c2ccccc2[N+](=O)[O-])CC1)c1ccccc1Cl. The zero-order chi connectivity index (χ0) is 21.9. The largest absolute Gasteiger partial charge is 0.337 e. The number of carbonyl (C=O) groups is 1. The standard InChI is InChI=1S/C20H20ClN3O5S/c1-15(16-6-2-3-7-17(16)21)14-20(25)22-10-12-23(13-11-22)30(28,29)19-9-5-4-8-18(19)24(26)27/h2-9,14H,10-13H2,1H3/b15-14-. The van der Waals surface area contributed by atoms with Crippen LogP contribution in [0.15, 0.2) is 59.5 Å². The molecule has 158 valence electrons. The molecule has 2 aromatic rings. The van der Waals surface area contributed by atoms with Crippen LogP contribution in [-0.2, 0) is 14.8 Å². The third-order valence-corrected chi connectivity index (χ3v) is 7.14. The summed E-state index contributed by atoms with van der Waals surface area (Å²) in [5.74, 6) is -0.241. The van der Waals surface area contributed by atoms with Gasteiger partial charge in [-0.2, -0.15) is 4.31 Å². The highest BCUT2D eigenvalue weighted by Crippen LogP contribution is 2.27. The lowest BCUT2D eigenvalue weighted by Crippen LogP contribution is -2.50. The van der Waals surface area contributed by atoms with Crippen molar-refractivity contribution in [2.24, 2.45) is 0 Å². The molecule has 1 saturated heterocycles. The number of benzene rings is 2. The summed E-state index contributed by atoms with van der Waals surface area (Å²) in [7, 11) is -4.04. The number of rotatable bonds is 5. The first kappa shape index (κ1) is 21.9. The van der Waals surface area contributed by atoms with Gasteiger partial charge >= 0.3 is 0 Å². The van der Waals surface area contributed by atoms with Crippen LogP contribution in [-0.4, -0.2) is 54.6 Å². The molecule has 0 N–H and O–H groups in total. The van der Waals surface area contributed by atoms with Crippen LogP contribution < -0.4 is 0 Å². The van der Waals surface area contributed by atoms with E-state index in [1.165, 1.54) is 28.6 Å². The van der Waals surface area contributed by atoms with Crippen LogP contribution in [0.25, 0.3) is 5.57 Å². The van der Waals surface area contributed by atoms with Gasteiger partial charge in [0.2, 0.25) is 15.9 Å². The van der Waals surface area contributed by atoms with Gasteiger partial charge in [-0.3, -0.25) is 14.9 Å². The van der Waals surface area contributed by atoms with Crippen molar-refractivity contribution >= 4 is 38.8 Å². The third-order valence-electron chi connectivity index (χ3n) is 4.87. The van der Waals surface area contributed by atoms with Crippen molar-refractivity contribution in [3.8, 4) is 0 Å². The van der Waals surface area contributed by atoms with Crippen molar-refractivity contribution in [1.82, 2.24) is 9.21 Å². The number of hydrogen-bond donors (Lipinski definition) is 0. The Morgan fingerprint density at radius 2 is 1.67 bits per heavy atom. The van der Waals surface area contributed by atoms with Gasteiger partial charge in [0.15, 0.2) is 4.90 Å². The van der Waals surface area contributed by atoms with Gasteiger partial charge in [-0.1, -0.05) is 41.9 Å². The van der Waals surface area contributed by atoms with E-state index in [-0.39, 0.29) is 37.0 Å². The predicted molar refractivity (Wildman–Crippen MR) is 114 cm³/mol. The van der Waals surface area contributed by atoms with Crippen LogP contribution in [0.2, 0.25) is 5.02 Å². The molecule has 2 aromatic carbocycles. The van der Waals surface area contributed by atoms with E-state index < -0.39 is 20.6 Å². The molecule has 0 saturated carbocycles. The van der Waals surface area contributed by atoms with Gasteiger partial charge in [0.05, 0.1) is 4.92 Å². The van der Waals surface area contributed by atoms with E-state index in [2.05, 4.69) is 0 Å². The molecule has 8 nitrogen and oxygen atoms in total. The first-order chi connectivity index (χ1) is 14.2. The van der Waals surface area contributed by atoms with Crippen molar-refractivity contribution in [2.45, 2.75) is 11.8 Å². The van der Waals surface area contributed by atoms with Gasteiger partial charge in [-0.15, -0.1) is 0 Å². The molecule has 30 heavy (non-hydrogen) atoms. The van der Waals surface area contributed by atoms with E-state index in [1.54, 1.807) is 24.0 Å². The molecule has 0 aromatic heterocycles. The van der Waals surface area contributed by atoms with Gasteiger partial charge in [0, 0.05) is 43.3 Å². The minimum atomic E-state index is -4.04. The Balaban J connectivity index is 1.72. The van der Waals surface area contributed by atoms with E-state index >= 15 is 0 Å². The molecule has 0 atom stereocenters. The minimum Gasteiger partial charge on any atom is -0.337 e. The van der Waals surface area contributed by atoms with Crippen LogP contribution in [0.3, 0.4) is 0 Å². The lowest BCUT2D eigenvalue weighted by molar-refractivity contribution is -0.387. The molecule has 1 aliphatic heterocycles. The summed E-state index contributed by atoms with van der Waals surface area (Å²) in [5, 5.41) is 11.7.